The Kier molecular flexibility index (Phi) is 6.14. The van der Waals surface area contributed by atoms with Crippen molar-refractivity contribution in [2.24, 2.45) is 11.7 Å². The summed E-state index contributed by atoms with van der Waals surface area (Å²) >= 11 is 1.26. The normalized spacial score (nSPS) is 15.4. The summed E-state index contributed by atoms with van der Waals surface area (Å²) in [7, 11) is 1.48. The molecule has 0 aliphatic heterocycles. The molecule has 0 radical (unpaired) electrons. The quantitative estimate of drug-likeness (QED) is 0.380. The number of thiophene rings is 1. The van der Waals surface area contributed by atoms with E-state index in [-0.39, 0.29) is 27.6 Å². The number of anilines is 1. The number of ether oxygens (including phenoxy) is 1. The molecule has 0 saturated carbocycles. The number of rotatable bonds is 5. The molecule has 0 bridgehead atoms. The second-order valence-electron chi connectivity index (χ2n) is 8.93. The van der Waals surface area contributed by atoms with Crippen LogP contribution in [0.25, 0.3) is 16.9 Å². The fraction of sp³-hybridized carbons (Fsp3) is 0.280. The number of halogens is 3. The molecule has 1 atom stereocenters. The molecule has 0 fully saturated rings. The summed E-state index contributed by atoms with van der Waals surface area (Å²) in [4.78, 5) is 30.5. The Morgan fingerprint density at radius 3 is 2.59 bits per heavy atom. The first kappa shape index (κ1) is 24.8. The number of benzene rings is 1. The number of primary amides is 1. The molecule has 3 heterocycles. The van der Waals surface area contributed by atoms with Crippen LogP contribution in [-0.4, -0.2) is 33.5 Å². The van der Waals surface area contributed by atoms with Gasteiger partial charge >= 0.3 is 6.18 Å². The third kappa shape index (κ3) is 4.64. The molecule has 3 N–H and O–H groups in total. The van der Waals surface area contributed by atoms with Crippen LogP contribution in [0.1, 0.15) is 50.3 Å². The molecule has 37 heavy (non-hydrogen) atoms. The van der Waals surface area contributed by atoms with E-state index in [1.165, 1.54) is 24.5 Å². The van der Waals surface area contributed by atoms with Gasteiger partial charge < -0.3 is 15.8 Å². The van der Waals surface area contributed by atoms with Crippen molar-refractivity contribution in [3.63, 3.8) is 0 Å². The van der Waals surface area contributed by atoms with E-state index in [9.17, 15) is 22.8 Å². The molecule has 192 valence electrons. The summed E-state index contributed by atoms with van der Waals surface area (Å²) in [6.45, 7) is 2.10. The maximum atomic E-state index is 13.9. The van der Waals surface area contributed by atoms with Crippen molar-refractivity contribution < 1.29 is 27.5 Å². The first-order valence-electron chi connectivity index (χ1n) is 11.4. The van der Waals surface area contributed by atoms with E-state index in [1.54, 1.807) is 24.3 Å². The van der Waals surface area contributed by atoms with Gasteiger partial charge in [-0.15, -0.1) is 11.3 Å². The van der Waals surface area contributed by atoms with E-state index in [0.717, 1.165) is 29.3 Å². The molecule has 3 aromatic heterocycles. The molecule has 2 amide bonds. The molecule has 1 aliphatic rings. The summed E-state index contributed by atoms with van der Waals surface area (Å²) in [5.74, 6) is -0.453. The smallest absolute Gasteiger partial charge is 0.433 e. The Labute approximate surface area is 213 Å². The molecule has 0 saturated heterocycles. The lowest BCUT2D eigenvalue weighted by Gasteiger charge is -2.18. The number of nitrogens with two attached hydrogens (primary N) is 1. The minimum Gasteiger partial charge on any atom is -0.497 e. The Hall–Kier alpha value is -3.93. The second kappa shape index (κ2) is 9.18. The van der Waals surface area contributed by atoms with Crippen molar-refractivity contribution in [3.8, 4) is 17.0 Å². The number of methoxy groups -OCH3 is 1. The van der Waals surface area contributed by atoms with Crippen LogP contribution in [0.5, 0.6) is 5.75 Å². The first-order chi connectivity index (χ1) is 17.5. The Balaban J connectivity index is 1.54. The van der Waals surface area contributed by atoms with Gasteiger partial charge in [-0.2, -0.15) is 18.3 Å². The largest absolute Gasteiger partial charge is 0.497 e. The van der Waals surface area contributed by atoms with Gasteiger partial charge in [0.15, 0.2) is 17.0 Å². The highest BCUT2D eigenvalue weighted by molar-refractivity contribution is 7.17. The number of hydrogen-bond acceptors (Lipinski definition) is 6. The van der Waals surface area contributed by atoms with E-state index in [2.05, 4.69) is 22.3 Å². The van der Waals surface area contributed by atoms with Gasteiger partial charge in [-0.05, 0) is 61.1 Å². The molecule has 1 aromatic carbocycles. The fourth-order valence-corrected chi connectivity index (χ4v) is 5.87. The van der Waals surface area contributed by atoms with Gasteiger partial charge in [-0.1, -0.05) is 6.92 Å². The molecule has 8 nitrogen and oxygen atoms in total. The van der Waals surface area contributed by atoms with Crippen LogP contribution in [0, 0.1) is 5.92 Å². The highest BCUT2D eigenvalue weighted by Crippen LogP contribution is 2.40. The average Bonchev–Trinajstić information content (AvgIpc) is 3.43. The van der Waals surface area contributed by atoms with E-state index < -0.39 is 23.7 Å². The molecule has 5 rings (SSSR count). The predicted molar refractivity (Wildman–Crippen MR) is 132 cm³/mol. The number of nitrogens with zero attached hydrogens (tertiary/aromatic N) is 3. The molecule has 0 unspecified atom stereocenters. The van der Waals surface area contributed by atoms with Gasteiger partial charge in [0, 0.05) is 16.5 Å². The third-order valence-electron chi connectivity index (χ3n) is 6.32. The first-order valence-corrected chi connectivity index (χ1v) is 12.2. The zero-order valence-corrected chi connectivity index (χ0v) is 20.7. The van der Waals surface area contributed by atoms with Crippen LogP contribution >= 0.6 is 11.3 Å². The summed E-state index contributed by atoms with van der Waals surface area (Å²) < 4.78 is 47.5. The van der Waals surface area contributed by atoms with Crippen LogP contribution in [-0.2, 0) is 19.0 Å². The maximum absolute atomic E-state index is 13.9. The summed E-state index contributed by atoms with van der Waals surface area (Å²) in [5.41, 5.74) is 5.66. The van der Waals surface area contributed by atoms with E-state index >= 15 is 0 Å². The van der Waals surface area contributed by atoms with Crippen LogP contribution in [0.2, 0.25) is 0 Å². The number of aromatic nitrogens is 3. The molecule has 12 heteroatoms. The van der Waals surface area contributed by atoms with Crippen LogP contribution in [0.4, 0.5) is 18.2 Å². The molecular formula is C25H22F3N5O3S. The Bertz CT molecular complexity index is 1530. The lowest BCUT2D eigenvalue weighted by Crippen LogP contribution is -2.19. The van der Waals surface area contributed by atoms with Crippen LogP contribution < -0.4 is 15.8 Å². The van der Waals surface area contributed by atoms with E-state index in [4.69, 9.17) is 10.5 Å². The van der Waals surface area contributed by atoms with Gasteiger partial charge in [0.25, 0.3) is 11.8 Å². The Morgan fingerprint density at radius 2 is 1.95 bits per heavy atom. The molecule has 0 spiro atoms. The van der Waals surface area contributed by atoms with Gasteiger partial charge in [0.1, 0.15) is 10.8 Å². The number of amides is 2. The van der Waals surface area contributed by atoms with E-state index in [1.807, 2.05) is 0 Å². The van der Waals surface area contributed by atoms with Gasteiger partial charge in [0.05, 0.1) is 18.4 Å². The van der Waals surface area contributed by atoms with Crippen molar-refractivity contribution in [1.29, 1.82) is 0 Å². The fourth-order valence-electron chi connectivity index (χ4n) is 4.46. The molecular weight excluding hydrogens is 507 g/mol. The SMILES string of the molecule is COc1ccc(-c2cc(C(F)(F)F)n3nc(C(=O)Nc4sc5c(c4C(N)=O)CC[C@@H](C)C5)cc3n2)cc1. The number of fused-ring (bicyclic) bond motifs is 2. The van der Waals surface area contributed by atoms with Crippen molar-refractivity contribution in [3.05, 3.63) is 63.8 Å². The lowest BCUT2D eigenvalue weighted by atomic mass is 9.88. The van der Waals surface area contributed by atoms with Crippen molar-refractivity contribution >= 4 is 33.8 Å². The number of carbonyl (C=O) groups is 2. The summed E-state index contributed by atoms with van der Waals surface area (Å²) in [6.07, 6.45) is -2.43. The number of hydrogen-bond donors (Lipinski definition) is 2. The van der Waals surface area contributed by atoms with Crippen LogP contribution in [0.3, 0.4) is 0 Å². The van der Waals surface area contributed by atoms with Gasteiger partial charge in [-0.3, -0.25) is 9.59 Å². The standard InChI is InChI=1S/C25H22F3N5O3S/c1-12-3-8-15-18(9-12)37-24(21(15)22(29)34)31-23(35)17-11-20-30-16(13-4-6-14(36-2)7-5-13)10-19(25(26,27)28)33(20)32-17/h4-7,10-12H,3,8-9H2,1-2H3,(H2,29,34)(H,31,35)/t12-/m1/s1. The zero-order chi connectivity index (χ0) is 26.5. The summed E-state index contributed by atoms with van der Waals surface area (Å²) in [6, 6.07) is 8.46. The van der Waals surface area contributed by atoms with Crippen molar-refractivity contribution in [2.45, 2.75) is 32.4 Å². The molecule has 4 aromatic rings. The monoisotopic (exact) mass is 529 g/mol. The molecule has 1 aliphatic carbocycles. The van der Waals surface area contributed by atoms with Gasteiger partial charge in [0.2, 0.25) is 0 Å². The third-order valence-corrected chi connectivity index (χ3v) is 7.49. The minimum absolute atomic E-state index is 0.0606. The van der Waals surface area contributed by atoms with Gasteiger partial charge in [-0.25, -0.2) is 9.50 Å². The topological polar surface area (TPSA) is 112 Å². The number of carbonyl (C=O) groups excluding carboxylic acids is 2. The Morgan fingerprint density at radius 1 is 1.22 bits per heavy atom. The number of alkyl halides is 3. The lowest BCUT2D eigenvalue weighted by molar-refractivity contribution is -0.142. The van der Waals surface area contributed by atoms with E-state index in [0.29, 0.717) is 28.2 Å². The van der Waals surface area contributed by atoms with Crippen LogP contribution in [0.15, 0.2) is 36.4 Å². The zero-order valence-electron chi connectivity index (χ0n) is 19.8. The average molecular weight is 530 g/mol. The predicted octanol–water partition coefficient (Wildman–Crippen LogP) is 4.96. The summed E-state index contributed by atoms with van der Waals surface area (Å²) in [5, 5.41) is 6.81. The minimum atomic E-state index is -4.76. The number of nitrogens with one attached hydrogen (secondary N) is 1. The maximum Gasteiger partial charge on any atom is 0.433 e. The van der Waals surface area contributed by atoms with Crippen molar-refractivity contribution in [1.82, 2.24) is 14.6 Å². The highest BCUT2D eigenvalue weighted by Gasteiger charge is 2.36. The van der Waals surface area contributed by atoms with Crippen molar-refractivity contribution in [2.75, 3.05) is 12.4 Å². The highest BCUT2D eigenvalue weighted by atomic mass is 32.1. The second-order valence-corrected chi connectivity index (χ2v) is 10.0.